The minimum Gasteiger partial charge on any atom is -0.482 e. The molecule has 0 radical (unpaired) electrons. The Bertz CT molecular complexity index is 837. The van der Waals surface area contributed by atoms with Crippen LogP contribution in [0.2, 0.25) is 5.02 Å². The van der Waals surface area contributed by atoms with Gasteiger partial charge in [-0.15, -0.1) is 0 Å². The fraction of sp³-hybridized carbons (Fsp3) is 0.250. The van der Waals surface area contributed by atoms with Crippen molar-refractivity contribution in [3.63, 3.8) is 0 Å². The second kappa shape index (κ2) is 9.73. The molecule has 1 N–H and O–H groups in total. The number of hydrogen-bond acceptors (Lipinski definition) is 5. The second-order valence-corrected chi connectivity index (χ2v) is 6.22. The van der Waals surface area contributed by atoms with Crippen molar-refractivity contribution in [1.29, 1.82) is 0 Å². The van der Waals surface area contributed by atoms with E-state index in [2.05, 4.69) is 5.32 Å². The van der Waals surface area contributed by atoms with Crippen molar-refractivity contribution >= 4 is 29.3 Å². The first kappa shape index (κ1) is 20.5. The highest BCUT2D eigenvalue weighted by Crippen LogP contribution is 2.15. The summed E-state index contributed by atoms with van der Waals surface area (Å²) in [5.74, 6) is -0.868. The van der Waals surface area contributed by atoms with Crippen LogP contribution in [0.25, 0.3) is 0 Å². The Kier molecular flexibility index (Phi) is 7.37. The number of halogens is 1. The van der Waals surface area contributed by atoms with E-state index in [1.807, 2.05) is 6.07 Å². The van der Waals surface area contributed by atoms with Crippen LogP contribution in [-0.2, 0) is 20.9 Å². The maximum Gasteiger partial charge on any atom is 0.344 e. The van der Waals surface area contributed by atoms with Crippen molar-refractivity contribution in [2.24, 2.45) is 0 Å². The van der Waals surface area contributed by atoms with Crippen LogP contribution in [0, 0.1) is 0 Å². The van der Waals surface area contributed by atoms with Crippen LogP contribution < -0.4 is 10.1 Å². The maximum atomic E-state index is 12.0. The number of esters is 1. The van der Waals surface area contributed by atoms with Gasteiger partial charge in [-0.05, 0) is 37.6 Å². The first-order valence-corrected chi connectivity index (χ1v) is 8.69. The number of ketones is 1. The Morgan fingerprint density at radius 2 is 1.85 bits per heavy atom. The van der Waals surface area contributed by atoms with Gasteiger partial charge in [-0.3, -0.25) is 9.59 Å². The summed E-state index contributed by atoms with van der Waals surface area (Å²) in [5, 5.41) is 3.20. The number of hydrogen-bond donors (Lipinski definition) is 1. The molecule has 0 saturated carbocycles. The molecule has 0 saturated heterocycles. The highest BCUT2D eigenvalue weighted by atomic mass is 35.5. The lowest BCUT2D eigenvalue weighted by Gasteiger charge is -2.14. The van der Waals surface area contributed by atoms with E-state index < -0.39 is 18.0 Å². The molecular weight excluding hydrogens is 370 g/mol. The molecule has 0 unspecified atom stereocenters. The average Bonchev–Trinajstić information content (AvgIpc) is 2.65. The standard InChI is InChI=1S/C20H20ClNO5/c1-13(23)15-7-5-8-17(10-15)26-12-19(24)27-14(2)20(25)22-11-16-6-3-4-9-18(16)21/h3-10,14H,11-12H2,1-2H3,(H,22,25)/t14-/m0/s1. The molecular formula is C20H20ClNO5. The second-order valence-electron chi connectivity index (χ2n) is 5.81. The largest absolute Gasteiger partial charge is 0.482 e. The summed E-state index contributed by atoms with van der Waals surface area (Å²) in [5.41, 5.74) is 1.24. The van der Waals surface area contributed by atoms with Gasteiger partial charge in [-0.2, -0.15) is 0 Å². The normalized spacial score (nSPS) is 11.4. The van der Waals surface area contributed by atoms with Crippen LogP contribution >= 0.6 is 11.6 Å². The van der Waals surface area contributed by atoms with Crippen molar-refractivity contribution in [2.75, 3.05) is 6.61 Å². The number of nitrogens with one attached hydrogen (secondary N) is 1. The van der Waals surface area contributed by atoms with Crippen LogP contribution in [0.15, 0.2) is 48.5 Å². The van der Waals surface area contributed by atoms with E-state index in [0.29, 0.717) is 16.3 Å². The van der Waals surface area contributed by atoms with E-state index >= 15 is 0 Å². The van der Waals surface area contributed by atoms with Gasteiger partial charge in [0, 0.05) is 17.1 Å². The molecule has 27 heavy (non-hydrogen) atoms. The van der Waals surface area contributed by atoms with Crippen LogP contribution in [0.5, 0.6) is 5.75 Å². The molecule has 0 spiro atoms. The van der Waals surface area contributed by atoms with Crippen molar-refractivity contribution in [3.8, 4) is 5.75 Å². The van der Waals surface area contributed by atoms with Gasteiger partial charge in [-0.1, -0.05) is 41.9 Å². The Balaban J connectivity index is 1.79. The average molecular weight is 390 g/mol. The number of rotatable bonds is 8. The smallest absolute Gasteiger partial charge is 0.344 e. The van der Waals surface area contributed by atoms with Gasteiger partial charge in [0.1, 0.15) is 5.75 Å². The van der Waals surface area contributed by atoms with Gasteiger partial charge in [0.25, 0.3) is 5.91 Å². The van der Waals surface area contributed by atoms with Crippen molar-refractivity contribution in [3.05, 3.63) is 64.7 Å². The predicted molar refractivity (Wildman–Crippen MR) is 101 cm³/mol. The summed E-state index contributed by atoms with van der Waals surface area (Å²) < 4.78 is 10.4. The van der Waals surface area contributed by atoms with Gasteiger partial charge in [-0.25, -0.2) is 4.79 Å². The molecule has 0 fully saturated rings. The van der Waals surface area contributed by atoms with Gasteiger partial charge >= 0.3 is 5.97 Å². The minimum absolute atomic E-state index is 0.105. The Hall–Kier alpha value is -2.86. The number of ether oxygens (including phenoxy) is 2. The molecule has 0 aliphatic carbocycles. The molecule has 0 bridgehead atoms. The van der Waals surface area contributed by atoms with Crippen LogP contribution in [0.4, 0.5) is 0 Å². The zero-order chi connectivity index (χ0) is 19.8. The van der Waals surface area contributed by atoms with E-state index in [4.69, 9.17) is 21.1 Å². The number of carbonyl (C=O) groups is 3. The first-order valence-electron chi connectivity index (χ1n) is 8.31. The van der Waals surface area contributed by atoms with E-state index in [1.165, 1.54) is 19.9 Å². The van der Waals surface area contributed by atoms with E-state index in [0.717, 1.165) is 5.56 Å². The summed E-state index contributed by atoms with van der Waals surface area (Å²) in [6.45, 7) is 2.77. The van der Waals surface area contributed by atoms with Gasteiger partial charge in [0.05, 0.1) is 0 Å². The molecule has 1 atom stereocenters. The minimum atomic E-state index is -0.979. The molecule has 2 rings (SSSR count). The zero-order valence-corrected chi connectivity index (χ0v) is 15.8. The Labute approximate surface area is 162 Å². The number of amides is 1. The van der Waals surface area contributed by atoms with Crippen molar-refractivity contribution < 1.29 is 23.9 Å². The molecule has 0 aromatic heterocycles. The highest BCUT2D eigenvalue weighted by molar-refractivity contribution is 6.31. The number of benzene rings is 2. The monoisotopic (exact) mass is 389 g/mol. The van der Waals surface area contributed by atoms with E-state index in [-0.39, 0.29) is 18.9 Å². The molecule has 0 aliphatic heterocycles. The van der Waals surface area contributed by atoms with Gasteiger partial charge in [0.15, 0.2) is 18.5 Å². The van der Waals surface area contributed by atoms with Crippen molar-refractivity contribution in [2.45, 2.75) is 26.5 Å². The molecule has 142 valence electrons. The van der Waals surface area contributed by atoms with Crippen molar-refractivity contribution in [1.82, 2.24) is 5.32 Å². The van der Waals surface area contributed by atoms with E-state index in [1.54, 1.807) is 36.4 Å². The quantitative estimate of drug-likeness (QED) is 0.554. The summed E-state index contributed by atoms with van der Waals surface area (Å²) in [6, 6.07) is 13.6. The highest BCUT2D eigenvalue weighted by Gasteiger charge is 2.18. The maximum absolute atomic E-state index is 12.0. The summed E-state index contributed by atoms with van der Waals surface area (Å²) in [4.78, 5) is 35.3. The zero-order valence-electron chi connectivity index (χ0n) is 15.0. The SMILES string of the molecule is CC(=O)c1cccc(OCC(=O)O[C@@H](C)C(=O)NCc2ccccc2Cl)c1. The lowest BCUT2D eigenvalue weighted by atomic mass is 10.1. The summed E-state index contributed by atoms with van der Waals surface area (Å²) >= 11 is 6.03. The fourth-order valence-corrected chi connectivity index (χ4v) is 2.40. The molecule has 2 aromatic rings. The first-order chi connectivity index (χ1) is 12.9. The Morgan fingerprint density at radius 3 is 2.56 bits per heavy atom. The molecule has 0 heterocycles. The third-order valence-corrected chi connectivity index (χ3v) is 4.05. The molecule has 0 aliphatic rings. The van der Waals surface area contributed by atoms with Gasteiger partial charge < -0.3 is 14.8 Å². The van der Waals surface area contributed by atoms with E-state index in [9.17, 15) is 14.4 Å². The van der Waals surface area contributed by atoms with Crippen LogP contribution in [0.1, 0.15) is 29.8 Å². The predicted octanol–water partition coefficient (Wildman–Crippen LogP) is 3.17. The third-order valence-electron chi connectivity index (χ3n) is 3.69. The number of Topliss-reactive ketones (excluding diaryl/α,β-unsaturated/α-hetero) is 1. The number of carbonyl (C=O) groups excluding carboxylic acids is 3. The molecule has 2 aromatic carbocycles. The molecule has 7 heteroatoms. The fourth-order valence-electron chi connectivity index (χ4n) is 2.20. The van der Waals surface area contributed by atoms with Crippen LogP contribution in [-0.4, -0.2) is 30.4 Å². The topological polar surface area (TPSA) is 81.7 Å². The lowest BCUT2D eigenvalue weighted by Crippen LogP contribution is -2.36. The van der Waals surface area contributed by atoms with Crippen LogP contribution in [0.3, 0.4) is 0 Å². The Morgan fingerprint density at radius 1 is 1.11 bits per heavy atom. The molecule has 6 nitrogen and oxygen atoms in total. The molecule has 1 amide bonds. The van der Waals surface area contributed by atoms with Gasteiger partial charge in [0.2, 0.25) is 0 Å². The third kappa shape index (κ3) is 6.42. The summed E-state index contributed by atoms with van der Waals surface area (Å²) in [7, 11) is 0. The summed E-state index contributed by atoms with van der Waals surface area (Å²) in [6.07, 6.45) is -0.979. The lowest BCUT2D eigenvalue weighted by molar-refractivity contribution is -0.156.